The van der Waals surface area contributed by atoms with Crippen LogP contribution in [-0.2, 0) is 4.79 Å². The van der Waals surface area contributed by atoms with Crippen LogP contribution >= 0.6 is 0 Å². The van der Waals surface area contributed by atoms with Gasteiger partial charge in [-0.3, -0.25) is 4.79 Å². The number of aliphatic hydroxyl groups is 1. The minimum Gasteiger partial charge on any atom is -0.396 e. The molecule has 2 N–H and O–H groups in total. The molecule has 90 valence electrons. The molecule has 15 heavy (non-hydrogen) atoms. The van der Waals surface area contributed by atoms with E-state index in [1.807, 2.05) is 13.8 Å². The molecule has 0 aliphatic carbocycles. The predicted octanol–water partition coefficient (Wildman–Crippen LogP) is 0.463. The average Bonchev–Trinajstić information content (AvgIpc) is 2.16. The molecular formula is C11H24N2O2. The van der Waals surface area contributed by atoms with Crippen LogP contribution in [0.25, 0.3) is 0 Å². The van der Waals surface area contributed by atoms with Crippen LogP contribution in [-0.4, -0.2) is 49.7 Å². The van der Waals surface area contributed by atoms with Crippen LogP contribution in [0.3, 0.4) is 0 Å². The Hall–Kier alpha value is -0.610. The molecule has 4 nitrogen and oxygen atoms in total. The van der Waals surface area contributed by atoms with E-state index in [2.05, 4.69) is 5.32 Å². The zero-order valence-electron chi connectivity index (χ0n) is 10.3. The highest BCUT2D eigenvalue weighted by Crippen LogP contribution is 2.10. The number of hydrogen-bond donors (Lipinski definition) is 2. The van der Waals surface area contributed by atoms with Crippen molar-refractivity contribution in [1.82, 2.24) is 10.2 Å². The first kappa shape index (κ1) is 14.4. The van der Waals surface area contributed by atoms with Gasteiger partial charge in [-0.1, -0.05) is 13.8 Å². The minimum atomic E-state index is -0.0778. The van der Waals surface area contributed by atoms with Gasteiger partial charge in [-0.05, 0) is 13.0 Å². The first-order valence-corrected chi connectivity index (χ1v) is 5.41. The van der Waals surface area contributed by atoms with Gasteiger partial charge in [-0.15, -0.1) is 0 Å². The smallest absolute Gasteiger partial charge is 0.222 e. The molecule has 0 bridgehead atoms. The second-order valence-electron chi connectivity index (χ2n) is 4.89. The van der Waals surface area contributed by atoms with Gasteiger partial charge in [0, 0.05) is 39.1 Å². The van der Waals surface area contributed by atoms with Crippen molar-refractivity contribution in [2.75, 3.05) is 33.8 Å². The number of rotatable bonds is 7. The molecule has 0 spiro atoms. The van der Waals surface area contributed by atoms with Crippen LogP contribution in [0.4, 0.5) is 0 Å². The van der Waals surface area contributed by atoms with E-state index in [0.717, 1.165) is 19.5 Å². The molecule has 1 amide bonds. The Morgan fingerprint density at radius 2 is 2.00 bits per heavy atom. The second kappa shape index (κ2) is 6.80. The van der Waals surface area contributed by atoms with E-state index >= 15 is 0 Å². The van der Waals surface area contributed by atoms with E-state index in [1.54, 1.807) is 19.0 Å². The molecule has 0 aromatic rings. The molecule has 0 atom stereocenters. The Bertz CT molecular complexity index is 191. The summed E-state index contributed by atoms with van der Waals surface area (Å²) in [4.78, 5) is 12.8. The van der Waals surface area contributed by atoms with Gasteiger partial charge >= 0.3 is 0 Å². The van der Waals surface area contributed by atoms with E-state index in [-0.39, 0.29) is 17.9 Å². The highest BCUT2D eigenvalue weighted by molar-refractivity contribution is 5.75. The van der Waals surface area contributed by atoms with Crippen molar-refractivity contribution in [2.45, 2.75) is 26.7 Å². The molecular weight excluding hydrogens is 192 g/mol. The van der Waals surface area contributed by atoms with Crippen molar-refractivity contribution in [3.8, 4) is 0 Å². The molecule has 0 saturated carbocycles. The highest BCUT2D eigenvalue weighted by Gasteiger charge is 2.15. The molecule has 0 aromatic heterocycles. The van der Waals surface area contributed by atoms with Crippen LogP contribution in [0.5, 0.6) is 0 Å². The Labute approximate surface area is 92.7 Å². The normalized spacial score (nSPS) is 11.5. The number of amides is 1. The number of nitrogens with zero attached hydrogens (tertiary/aromatic N) is 1. The third-order valence-electron chi connectivity index (χ3n) is 2.27. The standard InChI is InChI=1S/C11H24N2O2/c1-11(2,9-14)8-12-7-5-6-10(15)13(3)4/h12,14H,5-9H2,1-4H3. The molecule has 0 fully saturated rings. The lowest BCUT2D eigenvalue weighted by Crippen LogP contribution is -2.33. The lowest BCUT2D eigenvalue weighted by atomic mass is 9.95. The number of aliphatic hydroxyl groups excluding tert-OH is 1. The van der Waals surface area contributed by atoms with Crippen LogP contribution in [0.1, 0.15) is 26.7 Å². The number of hydrogen-bond acceptors (Lipinski definition) is 3. The number of carbonyl (C=O) groups is 1. The molecule has 4 heteroatoms. The van der Waals surface area contributed by atoms with Gasteiger partial charge < -0.3 is 15.3 Å². The topological polar surface area (TPSA) is 52.6 Å². The molecule has 0 aliphatic heterocycles. The maximum Gasteiger partial charge on any atom is 0.222 e. The molecule has 0 radical (unpaired) electrons. The molecule has 0 rings (SSSR count). The van der Waals surface area contributed by atoms with Gasteiger partial charge in [0.05, 0.1) is 0 Å². The fraction of sp³-hybridized carbons (Fsp3) is 0.909. The molecule has 0 heterocycles. The summed E-state index contributed by atoms with van der Waals surface area (Å²) < 4.78 is 0. The summed E-state index contributed by atoms with van der Waals surface area (Å²) >= 11 is 0. The van der Waals surface area contributed by atoms with E-state index in [9.17, 15) is 4.79 Å². The summed E-state index contributed by atoms with van der Waals surface area (Å²) in [6.45, 7) is 5.79. The Morgan fingerprint density at radius 1 is 1.40 bits per heavy atom. The van der Waals surface area contributed by atoms with Crippen molar-refractivity contribution < 1.29 is 9.90 Å². The molecule has 0 aromatic carbocycles. The Balaban J connectivity index is 3.44. The van der Waals surface area contributed by atoms with Crippen LogP contribution in [0.2, 0.25) is 0 Å². The zero-order chi connectivity index (χ0) is 11.9. The number of carbonyl (C=O) groups excluding carboxylic acids is 1. The third-order valence-corrected chi connectivity index (χ3v) is 2.27. The summed E-state index contributed by atoms with van der Waals surface area (Å²) in [5.74, 6) is 0.165. The largest absolute Gasteiger partial charge is 0.396 e. The van der Waals surface area contributed by atoms with E-state index in [1.165, 1.54) is 0 Å². The lowest BCUT2D eigenvalue weighted by molar-refractivity contribution is -0.128. The quantitative estimate of drug-likeness (QED) is 0.608. The second-order valence-corrected chi connectivity index (χ2v) is 4.89. The van der Waals surface area contributed by atoms with Gasteiger partial charge in [-0.2, -0.15) is 0 Å². The first-order chi connectivity index (χ1) is 6.89. The average molecular weight is 216 g/mol. The monoisotopic (exact) mass is 216 g/mol. The van der Waals surface area contributed by atoms with Crippen molar-refractivity contribution in [3.05, 3.63) is 0 Å². The van der Waals surface area contributed by atoms with E-state index < -0.39 is 0 Å². The van der Waals surface area contributed by atoms with Crippen LogP contribution in [0.15, 0.2) is 0 Å². The molecule has 0 aliphatic rings. The zero-order valence-corrected chi connectivity index (χ0v) is 10.3. The van der Waals surface area contributed by atoms with Gasteiger partial charge in [0.25, 0.3) is 0 Å². The lowest BCUT2D eigenvalue weighted by Gasteiger charge is -2.21. The maximum atomic E-state index is 11.2. The third kappa shape index (κ3) is 7.33. The minimum absolute atomic E-state index is 0.0778. The van der Waals surface area contributed by atoms with Gasteiger partial charge in [-0.25, -0.2) is 0 Å². The van der Waals surface area contributed by atoms with Crippen molar-refractivity contribution in [3.63, 3.8) is 0 Å². The van der Waals surface area contributed by atoms with Crippen molar-refractivity contribution in [1.29, 1.82) is 0 Å². The van der Waals surface area contributed by atoms with Crippen LogP contribution < -0.4 is 5.32 Å². The Kier molecular flexibility index (Phi) is 6.52. The fourth-order valence-electron chi connectivity index (χ4n) is 1.07. The summed E-state index contributed by atoms with van der Waals surface area (Å²) in [5, 5.41) is 12.3. The van der Waals surface area contributed by atoms with Gasteiger partial charge in [0.15, 0.2) is 0 Å². The first-order valence-electron chi connectivity index (χ1n) is 5.41. The highest BCUT2D eigenvalue weighted by atomic mass is 16.3. The summed E-state index contributed by atoms with van der Waals surface area (Å²) in [6.07, 6.45) is 1.43. The number of nitrogens with one attached hydrogen (secondary N) is 1. The van der Waals surface area contributed by atoms with Crippen LogP contribution in [0, 0.1) is 5.41 Å². The van der Waals surface area contributed by atoms with E-state index in [0.29, 0.717) is 6.42 Å². The van der Waals surface area contributed by atoms with Crippen molar-refractivity contribution in [2.24, 2.45) is 5.41 Å². The van der Waals surface area contributed by atoms with Gasteiger partial charge in [0.2, 0.25) is 5.91 Å². The van der Waals surface area contributed by atoms with E-state index in [4.69, 9.17) is 5.11 Å². The molecule has 0 saturated heterocycles. The maximum absolute atomic E-state index is 11.2. The molecule has 0 unspecified atom stereocenters. The summed E-state index contributed by atoms with van der Waals surface area (Å²) in [7, 11) is 3.54. The summed E-state index contributed by atoms with van der Waals surface area (Å²) in [6, 6.07) is 0. The SMILES string of the molecule is CN(C)C(=O)CCCNCC(C)(C)CO. The predicted molar refractivity (Wildman–Crippen MR) is 61.7 cm³/mol. The van der Waals surface area contributed by atoms with Gasteiger partial charge in [0.1, 0.15) is 0 Å². The fourth-order valence-corrected chi connectivity index (χ4v) is 1.07. The van der Waals surface area contributed by atoms with Crippen molar-refractivity contribution >= 4 is 5.91 Å². The summed E-state index contributed by atoms with van der Waals surface area (Å²) in [5.41, 5.74) is -0.0778. The Morgan fingerprint density at radius 3 is 2.47 bits per heavy atom.